The van der Waals surface area contributed by atoms with Gasteiger partial charge in [0.25, 0.3) is 0 Å². The molecule has 2 aromatic heterocycles. The molecule has 3 N–H and O–H groups in total. The molecule has 6 heteroatoms. The molecule has 0 aliphatic carbocycles. The molecule has 4 rings (SSSR count). The third kappa shape index (κ3) is 3.54. The van der Waals surface area contributed by atoms with Crippen LogP contribution in [0.25, 0.3) is 0 Å². The quantitative estimate of drug-likeness (QED) is 0.757. The van der Waals surface area contributed by atoms with E-state index in [1.807, 2.05) is 19.2 Å². The number of nitrogens with two attached hydrogens (primary N) is 1. The number of aromatic nitrogens is 4. The highest BCUT2D eigenvalue weighted by Gasteiger charge is 2.25. The number of aryl methyl sites for hydroxylation is 1. The molecule has 0 atom stereocenters. The van der Waals surface area contributed by atoms with Gasteiger partial charge in [0.2, 0.25) is 5.95 Å². The van der Waals surface area contributed by atoms with Crippen LogP contribution in [-0.2, 0) is 6.42 Å². The molecule has 1 fully saturated rings. The predicted octanol–water partition coefficient (Wildman–Crippen LogP) is 3.07. The molecular weight excluding hydrogens is 324 g/mol. The lowest BCUT2D eigenvalue weighted by molar-refractivity contribution is 0.491. The van der Waals surface area contributed by atoms with E-state index in [0.29, 0.717) is 11.9 Å². The molecule has 1 aromatic carbocycles. The highest BCUT2D eigenvalue weighted by Crippen LogP contribution is 2.31. The Morgan fingerprint density at radius 3 is 2.65 bits per heavy atom. The van der Waals surface area contributed by atoms with E-state index in [2.05, 4.69) is 55.4 Å². The monoisotopic (exact) mass is 348 g/mol. The smallest absolute Gasteiger partial charge is 0.222 e. The molecule has 1 saturated heterocycles. The van der Waals surface area contributed by atoms with Gasteiger partial charge in [-0.3, -0.25) is 5.10 Å². The van der Waals surface area contributed by atoms with Crippen LogP contribution in [0, 0.1) is 6.92 Å². The van der Waals surface area contributed by atoms with Crippen molar-refractivity contribution in [2.45, 2.75) is 32.1 Å². The molecule has 3 heterocycles. The minimum Gasteiger partial charge on any atom is -0.368 e. The third-order valence-corrected chi connectivity index (χ3v) is 5.07. The van der Waals surface area contributed by atoms with Crippen molar-refractivity contribution in [1.82, 2.24) is 20.2 Å². The highest BCUT2D eigenvalue weighted by atomic mass is 15.2. The second-order valence-electron chi connectivity index (χ2n) is 6.96. The summed E-state index contributed by atoms with van der Waals surface area (Å²) in [6.07, 6.45) is 5.05. The number of hydrogen-bond donors (Lipinski definition) is 2. The second-order valence-corrected chi connectivity index (χ2v) is 6.96. The van der Waals surface area contributed by atoms with Gasteiger partial charge in [-0.05, 0) is 30.9 Å². The van der Waals surface area contributed by atoms with Gasteiger partial charge in [0, 0.05) is 42.9 Å². The molecule has 0 amide bonds. The number of piperidine rings is 1. The zero-order chi connectivity index (χ0) is 17.9. The molecule has 0 bridgehead atoms. The molecule has 0 spiro atoms. The topological polar surface area (TPSA) is 83.7 Å². The summed E-state index contributed by atoms with van der Waals surface area (Å²) in [5.41, 5.74) is 10.6. The van der Waals surface area contributed by atoms with Crippen LogP contribution in [0.2, 0.25) is 0 Å². The third-order valence-electron chi connectivity index (χ3n) is 5.07. The molecule has 6 nitrogen and oxygen atoms in total. The molecule has 26 heavy (non-hydrogen) atoms. The van der Waals surface area contributed by atoms with E-state index in [-0.39, 0.29) is 0 Å². The minimum atomic E-state index is 0.348. The summed E-state index contributed by atoms with van der Waals surface area (Å²) in [6.45, 7) is 3.88. The maximum atomic E-state index is 5.80. The van der Waals surface area contributed by atoms with E-state index < -0.39 is 0 Å². The molecule has 0 saturated carbocycles. The Labute approximate surface area is 153 Å². The first kappa shape index (κ1) is 16.6. The fourth-order valence-electron chi connectivity index (χ4n) is 3.76. The molecule has 0 radical (unpaired) electrons. The van der Waals surface area contributed by atoms with Gasteiger partial charge in [-0.25, -0.2) is 4.98 Å². The number of anilines is 2. The van der Waals surface area contributed by atoms with Crippen LogP contribution in [0.4, 0.5) is 11.8 Å². The van der Waals surface area contributed by atoms with Gasteiger partial charge in [-0.1, -0.05) is 30.3 Å². The Morgan fingerprint density at radius 1 is 1.15 bits per heavy atom. The minimum absolute atomic E-state index is 0.348. The van der Waals surface area contributed by atoms with Crippen LogP contribution in [0.15, 0.2) is 42.6 Å². The van der Waals surface area contributed by atoms with Crippen molar-refractivity contribution < 1.29 is 0 Å². The first-order chi connectivity index (χ1) is 12.7. The van der Waals surface area contributed by atoms with Gasteiger partial charge >= 0.3 is 0 Å². The summed E-state index contributed by atoms with van der Waals surface area (Å²) in [4.78, 5) is 10.9. The summed E-state index contributed by atoms with van der Waals surface area (Å²) < 4.78 is 0. The van der Waals surface area contributed by atoms with E-state index in [1.54, 1.807) is 0 Å². The van der Waals surface area contributed by atoms with Gasteiger partial charge in [-0.2, -0.15) is 10.1 Å². The number of H-pyrrole nitrogens is 1. The summed E-state index contributed by atoms with van der Waals surface area (Å²) >= 11 is 0. The first-order valence-corrected chi connectivity index (χ1v) is 9.11. The Balaban J connectivity index is 1.45. The van der Waals surface area contributed by atoms with E-state index in [0.717, 1.165) is 43.9 Å². The average Bonchev–Trinajstić information content (AvgIpc) is 3.10. The normalized spacial score (nSPS) is 15.3. The Morgan fingerprint density at radius 2 is 1.92 bits per heavy atom. The summed E-state index contributed by atoms with van der Waals surface area (Å²) in [7, 11) is 0. The second kappa shape index (κ2) is 7.15. The van der Waals surface area contributed by atoms with Crippen LogP contribution in [0.3, 0.4) is 0 Å². The van der Waals surface area contributed by atoms with Crippen LogP contribution in [0.5, 0.6) is 0 Å². The van der Waals surface area contributed by atoms with Crippen molar-refractivity contribution in [3.63, 3.8) is 0 Å². The Kier molecular flexibility index (Phi) is 4.56. The molecule has 0 unspecified atom stereocenters. The van der Waals surface area contributed by atoms with Crippen molar-refractivity contribution in [1.29, 1.82) is 0 Å². The maximum absolute atomic E-state index is 5.80. The van der Waals surface area contributed by atoms with Gasteiger partial charge in [-0.15, -0.1) is 0 Å². The largest absolute Gasteiger partial charge is 0.368 e. The van der Waals surface area contributed by atoms with Crippen molar-refractivity contribution in [2.24, 2.45) is 0 Å². The Hall–Kier alpha value is -2.89. The van der Waals surface area contributed by atoms with Gasteiger partial charge in [0.15, 0.2) is 0 Å². The molecule has 1 aliphatic heterocycles. The first-order valence-electron chi connectivity index (χ1n) is 9.11. The number of hydrogen-bond acceptors (Lipinski definition) is 5. The summed E-state index contributed by atoms with van der Waals surface area (Å²) in [5, 5.41) is 7.57. The standard InChI is InChI=1S/C20H24N6/c1-14-11-18(24-20(21)23-14)26-9-7-16(8-10-26)19-17(13-22-25-19)12-15-5-3-2-4-6-15/h2-6,11,13,16H,7-10,12H2,1H3,(H,22,25)(H2,21,23,24). The Bertz CT molecular complexity index is 845. The van der Waals surface area contributed by atoms with E-state index >= 15 is 0 Å². The van der Waals surface area contributed by atoms with Gasteiger partial charge < -0.3 is 10.6 Å². The van der Waals surface area contributed by atoms with Crippen molar-refractivity contribution in [3.8, 4) is 0 Å². The number of nitrogens with one attached hydrogen (secondary N) is 1. The number of benzene rings is 1. The van der Waals surface area contributed by atoms with Crippen LogP contribution in [0.1, 0.15) is 41.3 Å². The summed E-state index contributed by atoms with van der Waals surface area (Å²) in [5.74, 6) is 1.79. The van der Waals surface area contributed by atoms with Crippen LogP contribution in [-0.4, -0.2) is 33.3 Å². The van der Waals surface area contributed by atoms with Gasteiger partial charge in [0.05, 0.1) is 6.20 Å². The lowest BCUT2D eigenvalue weighted by Crippen LogP contribution is -2.34. The van der Waals surface area contributed by atoms with Crippen molar-refractivity contribution in [3.05, 3.63) is 65.1 Å². The van der Waals surface area contributed by atoms with E-state index in [4.69, 9.17) is 5.73 Å². The van der Waals surface area contributed by atoms with Crippen LogP contribution >= 0.6 is 0 Å². The van der Waals surface area contributed by atoms with E-state index in [9.17, 15) is 0 Å². The van der Waals surface area contributed by atoms with Gasteiger partial charge in [0.1, 0.15) is 5.82 Å². The molecule has 3 aromatic rings. The molecular formula is C20H24N6. The van der Waals surface area contributed by atoms with E-state index in [1.165, 1.54) is 16.8 Å². The number of nitrogen functional groups attached to an aromatic ring is 1. The average molecular weight is 348 g/mol. The number of aromatic amines is 1. The summed E-state index contributed by atoms with van der Waals surface area (Å²) in [6, 6.07) is 12.6. The van der Waals surface area contributed by atoms with Crippen molar-refractivity contribution >= 4 is 11.8 Å². The zero-order valence-corrected chi connectivity index (χ0v) is 15.0. The van der Waals surface area contributed by atoms with Crippen molar-refractivity contribution in [2.75, 3.05) is 23.7 Å². The SMILES string of the molecule is Cc1cc(N2CCC(c3[nH]ncc3Cc3ccccc3)CC2)nc(N)n1. The van der Waals surface area contributed by atoms with Crippen LogP contribution < -0.4 is 10.6 Å². The zero-order valence-electron chi connectivity index (χ0n) is 15.0. The number of nitrogens with zero attached hydrogens (tertiary/aromatic N) is 4. The fraction of sp³-hybridized carbons (Fsp3) is 0.350. The highest BCUT2D eigenvalue weighted by molar-refractivity contribution is 5.44. The lowest BCUT2D eigenvalue weighted by Gasteiger charge is -2.33. The molecule has 1 aliphatic rings. The number of rotatable bonds is 4. The predicted molar refractivity (Wildman–Crippen MR) is 103 cm³/mol. The lowest BCUT2D eigenvalue weighted by atomic mass is 9.90. The fourth-order valence-corrected chi connectivity index (χ4v) is 3.76. The molecule has 134 valence electrons. The maximum Gasteiger partial charge on any atom is 0.222 e.